The van der Waals surface area contributed by atoms with Crippen LogP contribution in [0.2, 0.25) is 0 Å². The van der Waals surface area contributed by atoms with Crippen LogP contribution in [0.1, 0.15) is 26.7 Å². The molecule has 16 heavy (non-hydrogen) atoms. The number of benzene rings is 1. The molecule has 3 heteroatoms. The molecule has 0 aromatic heterocycles. The lowest BCUT2D eigenvalue weighted by Gasteiger charge is -2.14. The van der Waals surface area contributed by atoms with E-state index in [1.807, 2.05) is 24.3 Å². The van der Waals surface area contributed by atoms with Crippen LogP contribution in [0.25, 0.3) is 0 Å². The van der Waals surface area contributed by atoms with Crippen LogP contribution in [-0.2, 0) is 10.8 Å². The van der Waals surface area contributed by atoms with E-state index in [-0.39, 0.29) is 0 Å². The van der Waals surface area contributed by atoms with Gasteiger partial charge in [-0.3, -0.25) is 4.21 Å². The summed E-state index contributed by atoms with van der Waals surface area (Å²) in [5.41, 5.74) is 1.11. The molecule has 0 spiro atoms. The highest BCUT2D eigenvalue weighted by molar-refractivity contribution is 7.84. The van der Waals surface area contributed by atoms with Crippen LogP contribution >= 0.6 is 0 Å². The number of hydrogen-bond acceptors (Lipinski definition) is 2. The minimum Gasteiger partial charge on any atom is -0.385 e. The Kier molecular flexibility index (Phi) is 5.53. The summed E-state index contributed by atoms with van der Waals surface area (Å²) in [5.74, 6) is 0.736. The van der Waals surface area contributed by atoms with Gasteiger partial charge in [0.05, 0.1) is 0 Å². The number of rotatable bonds is 6. The van der Waals surface area contributed by atoms with Gasteiger partial charge in [-0.15, -0.1) is 0 Å². The maximum Gasteiger partial charge on any atom is 0.0498 e. The molecule has 0 heterocycles. The van der Waals surface area contributed by atoms with Gasteiger partial charge in [0.1, 0.15) is 0 Å². The second kappa shape index (κ2) is 6.69. The minimum atomic E-state index is -0.881. The summed E-state index contributed by atoms with van der Waals surface area (Å²) < 4.78 is 11.2. The quantitative estimate of drug-likeness (QED) is 0.825. The molecule has 0 saturated heterocycles. The summed E-state index contributed by atoms with van der Waals surface area (Å²) in [4.78, 5) is 0.882. The van der Waals surface area contributed by atoms with Gasteiger partial charge >= 0.3 is 0 Å². The van der Waals surface area contributed by atoms with Crippen molar-refractivity contribution in [3.8, 4) is 0 Å². The zero-order valence-corrected chi connectivity index (χ0v) is 11.1. The molecular weight excluding hydrogens is 218 g/mol. The highest BCUT2D eigenvalue weighted by atomic mass is 32.2. The van der Waals surface area contributed by atoms with E-state index in [0.29, 0.717) is 0 Å². The molecule has 2 nitrogen and oxygen atoms in total. The highest BCUT2D eigenvalue weighted by Gasteiger charge is 2.03. The van der Waals surface area contributed by atoms with Crippen LogP contribution in [0, 0.1) is 5.92 Å². The van der Waals surface area contributed by atoms with Crippen molar-refractivity contribution in [3.05, 3.63) is 24.3 Å². The molecule has 1 unspecified atom stereocenters. The molecule has 0 bridgehead atoms. The molecule has 90 valence electrons. The highest BCUT2D eigenvalue weighted by Crippen LogP contribution is 2.14. The SMILES string of the molecule is CCC(CC)CNc1ccc(S(C)=O)cc1. The largest absolute Gasteiger partial charge is 0.385 e. The predicted octanol–water partition coefficient (Wildman–Crippen LogP) is 3.27. The first-order chi connectivity index (χ1) is 7.67. The van der Waals surface area contributed by atoms with Crippen molar-refractivity contribution >= 4 is 16.5 Å². The fourth-order valence-corrected chi connectivity index (χ4v) is 2.12. The van der Waals surface area contributed by atoms with Crippen LogP contribution in [-0.4, -0.2) is 17.0 Å². The molecule has 1 aromatic carbocycles. The van der Waals surface area contributed by atoms with Gasteiger partial charge in [0, 0.05) is 34.2 Å². The Bertz CT molecular complexity index is 330. The summed E-state index contributed by atoms with van der Waals surface area (Å²) in [6.07, 6.45) is 4.12. The average molecular weight is 239 g/mol. The number of nitrogens with one attached hydrogen (secondary N) is 1. The molecule has 1 atom stereocenters. The topological polar surface area (TPSA) is 29.1 Å². The number of hydrogen-bond donors (Lipinski definition) is 1. The first-order valence-electron chi connectivity index (χ1n) is 5.84. The van der Waals surface area contributed by atoms with Crippen LogP contribution in [0.4, 0.5) is 5.69 Å². The lowest BCUT2D eigenvalue weighted by atomic mass is 10.0. The predicted molar refractivity (Wildman–Crippen MR) is 71.3 cm³/mol. The van der Waals surface area contributed by atoms with Crippen molar-refractivity contribution in [2.45, 2.75) is 31.6 Å². The Morgan fingerprint density at radius 1 is 1.19 bits per heavy atom. The Labute approximate surface area is 101 Å². The van der Waals surface area contributed by atoms with E-state index in [1.165, 1.54) is 12.8 Å². The van der Waals surface area contributed by atoms with Gasteiger partial charge in [0.25, 0.3) is 0 Å². The standard InChI is InChI=1S/C13H21NOS/c1-4-11(5-2)10-14-12-6-8-13(9-7-12)16(3)15/h6-9,11,14H,4-5,10H2,1-3H3. The molecule has 0 aliphatic carbocycles. The van der Waals surface area contributed by atoms with E-state index in [2.05, 4.69) is 19.2 Å². The molecule has 0 fully saturated rings. The van der Waals surface area contributed by atoms with E-state index in [4.69, 9.17) is 0 Å². The maximum atomic E-state index is 11.2. The summed E-state index contributed by atoms with van der Waals surface area (Å²) in [7, 11) is -0.881. The first kappa shape index (κ1) is 13.2. The van der Waals surface area contributed by atoms with Crippen molar-refractivity contribution in [1.82, 2.24) is 0 Å². The van der Waals surface area contributed by atoms with Gasteiger partial charge in [-0.2, -0.15) is 0 Å². The monoisotopic (exact) mass is 239 g/mol. The van der Waals surface area contributed by atoms with Crippen LogP contribution < -0.4 is 5.32 Å². The van der Waals surface area contributed by atoms with Crippen LogP contribution in [0.5, 0.6) is 0 Å². The van der Waals surface area contributed by atoms with Crippen LogP contribution in [0.3, 0.4) is 0 Å². The second-order valence-corrected chi connectivity index (χ2v) is 5.42. The zero-order chi connectivity index (χ0) is 12.0. The third kappa shape index (κ3) is 3.97. The van der Waals surface area contributed by atoms with E-state index >= 15 is 0 Å². The van der Waals surface area contributed by atoms with Gasteiger partial charge in [0.15, 0.2) is 0 Å². The fraction of sp³-hybridized carbons (Fsp3) is 0.538. The van der Waals surface area contributed by atoms with Crippen molar-refractivity contribution < 1.29 is 4.21 Å². The molecule has 1 aromatic rings. The molecule has 0 aliphatic heterocycles. The van der Waals surface area contributed by atoms with E-state index in [0.717, 1.165) is 23.0 Å². The lowest BCUT2D eigenvalue weighted by molar-refractivity contribution is 0.519. The van der Waals surface area contributed by atoms with Gasteiger partial charge < -0.3 is 5.32 Å². The van der Waals surface area contributed by atoms with E-state index in [1.54, 1.807) is 6.26 Å². The Morgan fingerprint density at radius 3 is 2.19 bits per heavy atom. The Balaban J connectivity index is 2.52. The molecular formula is C13H21NOS. The molecule has 0 aliphatic rings. The van der Waals surface area contributed by atoms with Crippen molar-refractivity contribution in [2.75, 3.05) is 18.1 Å². The summed E-state index contributed by atoms with van der Waals surface area (Å²) in [6.45, 7) is 5.46. The smallest absolute Gasteiger partial charge is 0.0498 e. The number of anilines is 1. The average Bonchev–Trinajstić information content (AvgIpc) is 2.31. The van der Waals surface area contributed by atoms with Crippen molar-refractivity contribution in [3.63, 3.8) is 0 Å². The normalized spacial score (nSPS) is 12.8. The third-order valence-corrected chi connectivity index (χ3v) is 3.87. The molecule has 0 amide bonds. The molecule has 1 N–H and O–H groups in total. The van der Waals surface area contributed by atoms with Gasteiger partial charge in [0.2, 0.25) is 0 Å². The lowest BCUT2D eigenvalue weighted by Crippen LogP contribution is -2.12. The van der Waals surface area contributed by atoms with Crippen molar-refractivity contribution in [2.24, 2.45) is 5.92 Å². The summed E-state index contributed by atoms with van der Waals surface area (Å²) >= 11 is 0. The minimum absolute atomic E-state index is 0.736. The zero-order valence-electron chi connectivity index (χ0n) is 10.3. The van der Waals surface area contributed by atoms with E-state index in [9.17, 15) is 4.21 Å². The summed E-state index contributed by atoms with van der Waals surface area (Å²) in [6, 6.07) is 7.84. The van der Waals surface area contributed by atoms with Gasteiger partial charge in [-0.1, -0.05) is 26.7 Å². The first-order valence-corrected chi connectivity index (χ1v) is 7.40. The van der Waals surface area contributed by atoms with Crippen LogP contribution in [0.15, 0.2) is 29.2 Å². The fourth-order valence-electron chi connectivity index (χ4n) is 1.60. The van der Waals surface area contributed by atoms with E-state index < -0.39 is 10.8 Å². The Hall–Kier alpha value is -0.830. The third-order valence-electron chi connectivity index (χ3n) is 2.94. The summed E-state index contributed by atoms with van der Waals surface area (Å²) in [5, 5.41) is 3.41. The van der Waals surface area contributed by atoms with Crippen molar-refractivity contribution in [1.29, 1.82) is 0 Å². The van der Waals surface area contributed by atoms with Gasteiger partial charge in [-0.05, 0) is 30.2 Å². The molecule has 0 saturated carbocycles. The second-order valence-electron chi connectivity index (χ2n) is 4.04. The molecule has 0 radical (unpaired) electrons. The van der Waals surface area contributed by atoms with Gasteiger partial charge in [-0.25, -0.2) is 0 Å². The molecule has 1 rings (SSSR count). The maximum absolute atomic E-state index is 11.2. The Morgan fingerprint density at radius 2 is 1.75 bits per heavy atom.